The quantitative estimate of drug-likeness (QED) is 0.747. The largest absolute Gasteiger partial charge is 0.326 e. The fraction of sp³-hybridized carbons (Fsp3) is 0.524. The summed E-state index contributed by atoms with van der Waals surface area (Å²) in [6, 6.07) is 13.3. The fourth-order valence-electron chi connectivity index (χ4n) is 3.97. The Morgan fingerprint density at radius 1 is 0.929 bits per heavy atom. The van der Waals surface area contributed by atoms with Crippen LogP contribution in [0.3, 0.4) is 0 Å². The maximum Gasteiger partial charge on any atom is 0.237 e. The molecule has 1 aromatic carbocycles. The van der Waals surface area contributed by atoms with E-state index in [1.54, 1.807) is 9.80 Å². The van der Waals surface area contributed by atoms with Crippen LogP contribution in [0.15, 0.2) is 30.3 Å². The molecule has 2 aliphatic heterocycles. The molecule has 0 unspecified atom stereocenters. The Kier molecular flexibility index (Phi) is 6.62. The molecule has 0 aromatic heterocycles. The Morgan fingerprint density at radius 2 is 1.43 bits per heavy atom. The topological polar surface area (TPSA) is 91.4 Å². The van der Waals surface area contributed by atoms with Crippen molar-refractivity contribution in [2.24, 2.45) is 0 Å². The molecule has 2 atom stereocenters. The number of carbonyl (C=O) groups excluding carboxylic acids is 2. The van der Waals surface area contributed by atoms with Gasteiger partial charge in [0.2, 0.25) is 11.8 Å². The zero-order chi connectivity index (χ0) is 19.9. The number of nitrogens with zero attached hydrogens (tertiary/aromatic N) is 5. The summed E-state index contributed by atoms with van der Waals surface area (Å²) >= 11 is 0. The monoisotopic (exact) mass is 379 g/mol. The standard InChI is InChI=1S/C21H25N5O2/c22-12-18-8-4-10-25(18)20(27)15-24(14-17-6-2-1-3-7-17)16-21(28)26-11-5-9-19(26)13-23/h1-3,6-7,18-19H,4-5,8-11,14-16H2/t18-,19-/m0/s1. The van der Waals surface area contributed by atoms with Crippen LogP contribution in [0, 0.1) is 22.7 Å². The first-order valence-electron chi connectivity index (χ1n) is 9.77. The van der Waals surface area contributed by atoms with Crippen LogP contribution in [-0.2, 0) is 16.1 Å². The van der Waals surface area contributed by atoms with Gasteiger partial charge < -0.3 is 9.80 Å². The lowest BCUT2D eigenvalue weighted by molar-refractivity contribution is -0.136. The maximum absolute atomic E-state index is 12.8. The maximum atomic E-state index is 12.8. The van der Waals surface area contributed by atoms with E-state index in [0.29, 0.717) is 32.5 Å². The number of amides is 2. The van der Waals surface area contributed by atoms with Crippen molar-refractivity contribution >= 4 is 11.8 Å². The molecule has 0 saturated carbocycles. The molecule has 0 N–H and O–H groups in total. The molecule has 28 heavy (non-hydrogen) atoms. The van der Waals surface area contributed by atoms with Crippen molar-refractivity contribution in [2.45, 2.75) is 44.3 Å². The number of benzene rings is 1. The second-order valence-electron chi connectivity index (χ2n) is 7.38. The van der Waals surface area contributed by atoms with Gasteiger partial charge in [0.15, 0.2) is 0 Å². The molecule has 0 radical (unpaired) electrons. The molecule has 0 aliphatic carbocycles. The number of nitriles is 2. The van der Waals surface area contributed by atoms with Gasteiger partial charge in [0, 0.05) is 19.6 Å². The summed E-state index contributed by atoms with van der Waals surface area (Å²) < 4.78 is 0. The second-order valence-corrected chi connectivity index (χ2v) is 7.38. The van der Waals surface area contributed by atoms with Gasteiger partial charge in [-0.25, -0.2) is 0 Å². The SMILES string of the molecule is N#C[C@@H]1CCCN1C(=O)CN(CC(=O)N1CCC[C@H]1C#N)Cc1ccccc1. The van der Waals surface area contributed by atoms with Crippen molar-refractivity contribution in [3.8, 4) is 12.1 Å². The van der Waals surface area contributed by atoms with Crippen molar-refractivity contribution in [3.05, 3.63) is 35.9 Å². The van der Waals surface area contributed by atoms with E-state index in [4.69, 9.17) is 0 Å². The van der Waals surface area contributed by atoms with Crippen LogP contribution in [0.2, 0.25) is 0 Å². The molecule has 2 saturated heterocycles. The average molecular weight is 379 g/mol. The van der Waals surface area contributed by atoms with Crippen LogP contribution in [0.4, 0.5) is 0 Å². The third-order valence-corrected chi connectivity index (χ3v) is 5.41. The average Bonchev–Trinajstić information content (AvgIpc) is 3.37. The van der Waals surface area contributed by atoms with Gasteiger partial charge in [-0.05, 0) is 31.2 Å². The van der Waals surface area contributed by atoms with Gasteiger partial charge in [0.05, 0.1) is 25.2 Å². The van der Waals surface area contributed by atoms with Crippen LogP contribution >= 0.6 is 0 Å². The zero-order valence-corrected chi connectivity index (χ0v) is 16.0. The van der Waals surface area contributed by atoms with Crippen LogP contribution < -0.4 is 0 Å². The molecule has 2 amide bonds. The molecule has 1 aromatic rings. The van der Waals surface area contributed by atoms with E-state index in [2.05, 4.69) is 12.1 Å². The fourth-order valence-corrected chi connectivity index (χ4v) is 3.97. The summed E-state index contributed by atoms with van der Waals surface area (Å²) in [5, 5.41) is 18.5. The van der Waals surface area contributed by atoms with Crippen molar-refractivity contribution in [3.63, 3.8) is 0 Å². The van der Waals surface area contributed by atoms with E-state index in [1.165, 1.54) is 0 Å². The molecule has 2 heterocycles. The summed E-state index contributed by atoms with van der Waals surface area (Å²) in [6.45, 7) is 1.82. The molecule has 2 fully saturated rings. The first-order chi connectivity index (χ1) is 13.6. The first kappa shape index (κ1) is 19.9. The minimum atomic E-state index is -0.372. The van der Waals surface area contributed by atoms with E-state index < -0.39 is 0 Å². The molecule has 0 bridgehead atoms. The van der Waals surface area contributed by atoms with Gasteiger partial charge in [-0.15, -0.1) is 0 Å². The zero-order valence-electron chi connectivity index (χ0n) is 16.0. The molecular weight excluding hydrogens is 354 g/mol. The summed E-state index contributed by atoms with van der Waals surface area (Å²) in [5.74, 6) is -0.239. The molecule has 3 rings (SSSR count). The van der Waals surface area contributed by atoms with Crippen LogP contribution in [0.25, 0.3) is 0 Å². The highest BCUT2D eigenvalue weighted by atomic mass is 16.2. The van der Waals surface area contributed by atoms with Crippen molar-refractivity contribution in [1.29, 1.82) is 10.5 Å². The Morgan fingerprint density at radius 3 is 1.89 bits per heavy atom. The lowest BCUT2D eigenvalue weighted by Crippen LogP contribution is -2.46. The van der Waals surface area contributed by atoms with Gasteiger partial charge in [-0.2, -0.15) is 10.5 Å². The van der Waals surface area contributed by atoms with E-state index >= 15 is 0 Å². The highest BCUT2D eigenvalue weighted by molar-refractivity contribution is 5.82. The van der Waals surface area contributed by atoms with E-state index in [9.17, 15) is 20.1 Å². The number of hydrogen-bond donors (Lipinski definition) is 0. The van der Waals surface area contributed by atoms with E-state index in [0.717, 1.165) is 18.4 Å². The molecule has 7 heteroatoms. The molecule has 2 aliphatic rings. The first-order valence-corrected chi connectivity index (χ1v) is 9.77. The van der Waals surface area contributed by atoms with Crippen molar-refractivity contribution in [1.82, 2.24) is 14.7 Å². The lowest BCUT2D eigenvalue weighted by Gasteiger charge is -2.28. The van der Waals surface area contributed by atoms with Gasteiger partial charge >= 0.3 is 0 Å². The van der Waals surface area contributed by atoms with Crippen LogP contribution in [0.5, 0.6) is 0 Å². The Hall–Kier alpha value is -2.90. The van der Waals surface area contributed by atoms with Crippen molar-refractivity contribution < 1.29 is 9.59 Å². The Balaban J connectivity index is 1.70. The van der Waals surface area contributed by atoms with Gasteiger partial charge in [0.25, 0.3) is 0 Å². The minimum absolute atomic E-state index is 0.0872. The number of rotatable bonds is 6. The summed E-state index contributed by atoms with van der Waals surface area (Å²) in [4.78, 5) is 30.7. The highest BCUT2D eigenvalue weighted by Crippen LogP contribution is 2.19. The molecule has 7 nitrogen and oxygen atoms in total. The van der Waals surface area contributed by atoms with Crippen LogP contribution in [-0.4, -0.2) is 64.8 Å². The normalized spacial score (nSPS) is 21.5. The predicted molar refractivity (Wildman–Crippen MR) is 102 cm³/mol. The van der Waals surface area contributed by atoms with Gasteiger partial charge in [0.1, 0.15) is 12.1 Å². The highest BCUT2D eigenvalue weighted by Gasteiger charge is 2.32. The Bertz CT molecular complexity index is 736. The van der Waals surface area contributed by atoms with E-state index in [1.807, 2.05) is 35.2 Å². The predicted octanol–water partition coefficient (Wildman–Crippen LogP) is 1.52. The van der Waals surface area contributed by atoms with Crippen LogP contribution in [0.1, 0.15) is 31.2 Å². The van der Waals surface area contributed by atoms with Crippen molar-refractivity contribution in [2.75, 3.05) is 26.2 Å². The Labute approximate surface area is 165 Å². The third kappa shape index (κ3) is 4.68. The lowest BCUT2D eigenvalue weighted by atomic mass is 10.2. The summed E-state index contributed by atoms with van der Waals surface area (Å²) in [6.07, 6.45) is 3.08. The molecule has 0 spiro atoms. The smallest absolute Gasteiger partial charge is 0.237 e. The van der Waals surface area contributed by atoms with E-state index in [-0.39, 0.29) is 37.0 Å². The number of likely N-dealkylation sites (tertiary alicyclic amines) is 2. The molecule has 146 valence electrons. The van der Waals surface area contributed by atoms with Gasteiger partial charge in [-0.1, -0.05) is 30.3 Å². The summed E-state index contributed by atoms with van der Waals surface area (Å²) in [5.41, 5.74) is 1.01. The minimum Gasteiger partial charge on any atom is -0.326 e. The second kappa shape index (κ2) is 9.34. The number of hydrogen-bond acceptors (Lipinski definition) is 5. The third-order valence-electron chi connectivity index (χ3n) is 5.41. The summed E-state index contributed by atoms with van der Waals surface area (Å²) in [7, 11) is 0. The van der Waals surface area contributed by atoms with Gasteiger partial charge in [-0.3, -0.25) is 14.5 Å². The number of carbonyl (C=O) groups is 2. The molecular formula is C21H25N5O2.